The van der Waals surface area contributed by atoms with Gasteiger partial charge < -0.3 is 0 Å². The lowest BCUT2D eigenvalue weighted by Crippen LogP contribution is -2.18. The second-order valence-corrected chi connectivity index (χ2v) is 5.32. The van der Waals surface area contributed by atoms with E-state index < -0.39 is 11.7 Å². The van der Waals surface area contributed by atoms with Crippen LogP contribution in [0.3, 0.4) is 0 Å². The topological polar surface area (TPSA) is 37.8 Å². The Morgan fingerprint density at radius 2 is 1.86 bits per heavy atom. The predicted molar refractivity (Wildman–Crippen MR) is 72.7 cm³/mol. The summed E-state index contributed by atoms with van der Waals surface area (Å²) < 4.78 is 39.5. The molecular weight excluding hydrogens is 281 g/mol. The summed E-state index contributed by atoms with van der Waals surface area (Å²) in [5, 5.41) is 2.97. The summed E-state index contributed by atoms with van der Waals surface area (Å²) in [5.41, 5.74) is 0.811. The van der Waals surface area contributed by atoms with Gasteiger partial charge in [-0.25, -0.2) is 4.68 Å². The predicted octanol–water partition coefficient (Wildman–Crippen LogP) is 3.45. The lowest BCUT2D eigenvalue weighted by atomic mass is 10.1. The second kappa shape index (κ2) is 5.09. The third-order valence-electron chi connectivity index (χ3n) is 3.86. The molecule has 112 valence electrons. The van der Waals surface area contributed by atoms with Crippen molar-refractivity contribution in [2.75, 3.05) is 0 Å². The maximum Gasteiger partial charge on any atom is 0.416 e. The highest BCUT2D eigenvalue weighted by atomic mass is 19.4. The molecule has 0 saturated carbocycles. The van der Waals surface area contributed by atoms with Crippen molar-refractivity contribution in [1.82, 2.24) is 9.78 Å². The Morgan fingerprint density at radius 1 is 1.10 bits per heavy atom. The van der Waals surface area contributed by atoms with Crippen LogP contribution in [-0.4, -0.2) is 9.78 Å². The quantitative estimate of drug-likeness (QED) is 0.804. The van der Waals surface area contributed by atoms with Gasteiger partial charge in [-0.15, -0.1) is 0 Å². The van der Waals surface area contributed by atoms with Gasteiger partial charge in [0.15, 0.2) is 0 Å². The zero-order valence-corrected chi connectivity index (χ0v) is 11.3. The molecule has 0 saturated heterocycles. The van der Waals surface area contributed by atoms with Crippen molar-refractivity contribution in [1.29, 1.82) is 0 Å². The van der Waals surface area contributed by atoms with Gasteiger partial charge in [0.25, 0.3) is 5.56 Å². The van der Waals surface area contributed by atoms with Crippen molar-refractivity contribution in [3.63, 3.8) is 0 Å². The van der Waals surface area contributed by atoms with E-state index >= 15 is 0 Å². The van der Waals surface area contributed by atoms with Crippen LogP contribution in [0.25, 0.3) is 5.69 Å². The zero-order chi connectivity index (χ0) is 15.0. The van der Waals surface area contributed by atoms with Crippen LogP contribution in [0, 0.1) is 0 Å². The summed E-state index contributed by atoms with van der Waals surface area (Å²) in [6.07, 6.45) is 0.0697. The second-order valence-electron chi connectivity index (χ2n) is 5.32. The van der Waals surface area contributed by atoms with Crippen molar-refractivity contribution >= 4 is 0 Å². The van der Waals surface area contributed by atoms with E-state index in [1.54, 1.807) is 0 Å². The van der Waals surface area contributed by atoms with E-state index in [0.29, 0.717) is 12.0 Å². The number of rotatable bonds is 1. The highest BCUT2D eigenvalue weighted by Gasteiger charge is 2.30. The highest BCUT2D eigenvalue weighted by Crippen LogP contribution is 2.30. The van der Waals surface area contributed by atoms with Gasteiger partial charge in [-0.1, -0.05) is 12.5 Å². The number of benzene rings is 1. The molecule has 3 rings (SSSR count). The van der Waals surface area contributed by atoms with E-state index in [-0.39, 0.29) is 11.2 Å². The molecule has 0 amide bonds. The number of hydrogen-bond acceptors (Lipinski definition) is 1. The van der Waals surface area contributed by atoms with Crippen molar-refractivity contribution in [3.05, 3.63) is 51.4 Å². The first-order valence-electron chi connectivity index (χ1n) is 6.97. The van der Waals surface area contributed by atoms with E-state index in [4.69, 9.17) is 0 Å². The number of aromatic nitrogens is 2. The van der Waals surface area contributed by atoms with Crippen molar-refractivity contribution in [2.45, 2.75) is 38.3 Å². The number of halogens is 3. The summed E-state index contributed by atoms with van der Waals surface area (Å²) in [7, 11) is 0. The molecule has 1 N–H and O–H groups in total. The minimum absolute atomic E-state index is 0.225. The van der Waals surface area contributed by atoms with Gasteiger partial charge in [0.2, 0.25) is 0 Å². The SMILES string of the molecule is O=c1c2c([nH]n1-c1cccc(C(F)(F)F)c1)CCCCC2. The van der Waals surface area contributed by atoms with Gasteiger partial charge in [-0.05, 0) is 43.9 Å². The Kier molecular flexibility index (Phi) is 3.39. The molecular formula is C15H15F3N2O. The van der Waals surface area contributed by atoms with Crippen LogP contribution in [0.2, 0.25) is 0 Å². The molecule has 3 nitrogen and oxygen atoms in total. The van der Waals surface area contributed by atoms with Gasteiger partial charge in [0, 0.05) is 11.3 Å². The first kappa shape index (κ1) is 14.0. The smallest absolute Gasteiger partial charge is 0.295 e. The van der Waals surface area contributed by atoms with Gasteiger partial charge in [0.05, 0.1) is 11.3 Å². The van der Waals surface area contributed by atoms with E-state index in [0.717, 1.165) is 43.5 Å². The van der Waals surface area contributed by atoms with Gasteiger partial charge in [-0.2, -0.15) is 13.2 Å². The van der Waals surface area contributed by atoms with Crippen molar-refractivity contribution < 1.29 is 13.2 Å². The molecule has 0 radical (unpaired) electrons. The van der Waals surface area contributed by atoms with Crippen molar-refractivity contribution in [2.24, 2.45) is 0 Å². The fraction of sp³-hybridized carbons (Fsp3) is 0.400. The summed E-state index contributed by atoms with van der Waals surface area (Å²) in [6.45, 7) is 0. The normalized spacial score (nSPS) is 15.6. The van der Waals surface area contributed by atoms with E-state index in [1.165, 1.54) is 16.8 Å². The summed E-state index contributed by atoms with van der Waals surface area (Å²) >= 11 is 0. The molecule has 21 heavy (non-hydrogen) atoms. The van der Waals surface area contributed by atoms with Gasteiger partial charge in [0.1, 0.15) is 0 Å². The molecule has 0 atom stereocenters. The van der Waals surface area contributed by atoms with Crippen LogP contribution in [0.1, 0.15) is 36.1 Å². The Balaban J connectivity index is 2.08. The van der Waals surface area contributed by atoms with Gasteiger partial charge >= 0.3 is 6.18 Å². The summed E-state index contributed by atoms with van der Waals surface area (Å²) in [6, 6.07) is 4.82. The lowest BCUT2D eigenvalue weighted by molar-refractivity contribution is -0.137. The fourth-order valence-corrected chi connectivity index (χ4v) is 2.77. The number of alkyl halides is 3. The summed E-state index contributed by atoms with van der Waals surface area (Å²) in [5.74, 6) is 0. The molecule has 6 heteroatoms. The van der Waals surface area contributed by atoms with Crippen LogP contribution in [-0.2, 0) is 19.0 Å². The number of nitrogens with zero attached hydrogens (tertiary/aromatic N) is 1. The first-order chi connectivity index (χ1) is 9.97. The molecule has 0 aliphatic heterocycles. The van der Waals surface area contributed by atoms with E-state index in [1.807, 2.05) is 0 Å². The van der Waals surface area contributed by atoms with Crippen LogP contribution in [0.15, 0.2) is 29.1 Å². The molecule has 0 fully saturated rings. The minimum atomic E-state index is -4.41. The summed E-state index contributed by atoms with van der Waals surface area (Å²) in [4.78, 5) is 12.4. The first-order valence-corrected chi connectivity index (χ1v) is 6.97. The number of aryl methyl sites for hydroxylation is 1. The number of H-pyrrole nitrogens is 1. The third kappa shape index (κ3) is 2.62. The minimum Gasteiger partial charge on any atom is -0.295 e. The molecule has 1 aliphatic rings. The number of nitrogens with one attached hydrogen (secondary N) is 1. The molecule has 0 unspecified atom stereocenters. The van der Waals surface area contributed by atoms with Crippen molar-refractivity contribution in [3.8, 4) is 5.69 Å². The van der Waals surface area contributed by atoms with E-state index in [2.05, 4.69) is 5.10 Å². The molecule has 2 aromatic rings. The lowest BCUT2D eigenvalue weighted by Gasteiger charge is -2.09. The molecule has 1 aliphatic carbocycles. The molecule has 1 aromatic carbocycles. The average molecular weight is 296 g/mol. The Labute approximate surface area is 119 Å². The fourth-order valence-electron chi connectivity index (χ4n) is 2.77. The van der Waals surface area contributed by atoms with E-state index in [9.17, 15) is 18.0 Å². The maximum absolute atomic E-state index is 12.8. The number of hydrogen-bond donors (Lipinski definition) is 1. The number of fused-ring (bicyclic) bond motifs is 1. The van der Waals surface area contributed by atoms with Crippen LogP contribution in [0.5, 0.6) is 0 Å². The Morgan fingerprint density at radius 3 is 2.62 bits per heavy atom. The molecule has 1 aromatic heterocycles. The standard InChI is InChI=1S/C15H15F3N2O/c16-15(17,18)10-5-4-6-11(9-10)20-14(21)12-7-2-1-3-8-13(12)19-20/h4-6,9,19H,1-3,7-8H2. The molecule has 0 spiro atoms. The maximum atomic E-state index is 12.8. The number of aromatic amines is 1. The highest BCUT2D eigenvalue weighted by molar-refractivity contribution is 5.38. The average Bonchev–Trinajstić information content (AvgIpc) is 2.63. The Bertz CT molecular complexity index is 712. The van der Waals surface area contributed by atoms with Crippen LogP contribution in [0.4, 0.5) is 13.2 Å². The zero-order valence-electron chi connectivity index (χ0n) is 11.3. The largest absolute Gasteiger partial charge is 0.416 e. The van der Waals surface area contributed by atoms with Crippen LogP contribution >= 0.6 is 0 Å². The Hall–Kier alpha value is -1.98. The van der Waals surface area contributed by atoms with Gasteiger partial charge in [-0.3, -0.25) is 9.89 Å². The molecule has 1 heterocycles. The molecule has 0 bridgehead atoms. The third-order valence-corrected chi connectivity index (χ3v) is 3.86. The monoisotopic (exact) mass is 296 g/mol. The van der Waals surface area contributed by atoms with Crippen LogP contribution < -0.4 is 5.56 Å².